The van der Waals surface area contributed by atoms with Crippen LogP contribution in [0.4, 0.5) is 11.4 Å². The molecule has 0 fully saturated rings. The van der Waals surface area contributed by atoms with Crippen molar-refractivity contribution in [2.24, 2.45) is 0 Å². The number of hydrogen-bond acceptors (Lipinski definition) is 1. The molecule has 0 aliphatic heterocycles. The SMILES string of the molecule is Cc1ccc(C=C(c2ccccc2)c2ccccc2Nc2ccccc2)cc1. The Hall–Kier alpha value is -3.58. The molecule has 0 aliphatic carbocycles. The van der Waals surface area contributed by atoms with Crippen LogP contribution in [0.1, 0.15) is 22.3 Å². The van der Waals surface area contributed by atoms with Gasteiger partial charge in [-0.3, -0.25) is 0 Å². The summed E-state index contributed by atoms with van der Waals surface area (Å²) in [5.74, 6) is 0. The fraction of sp³-hybridized carbons (Fsp3) is 0.0370. The van der Waals surface area contributed by atoms with Crippen molar-refractivity contribution in [3.8, 4) is 0 Å². The molecular weight excluding hydrogens is 338 g/mol. The molecule has 0 saturated carbocycles. The van der Waals surface area contributed by atoms with E-state index in [-0.39, 0.29) is 0 Å². The van der Waals surface area contributed by atoms with Crippen LogP contribution in [0.3, 0.4) is 0 Å². The van der Waals surface area contributed by atoms with Gasteiger partial charge in [-0.15, -0.1) is 0 Å². The van der Waals surface area contributed by atoms with Crippen molar-refractivity contribution in [2.75, 3.05) is 5.32 Å². The highest BCUT2D eigenvalue weighted by Gasteiger charge is 2.10. The molecule has 136 valence electrons. The van der Waals surface area contributed by atoms with E-state index in [2.05, 4.69) is 109 Å². The van der Waals surface area contributed by atoms with Crippen molar-refractivity contribution in [3.05, 3.63) is 131 Å². The summed E-state index contributed by atoms with van der Waals surface area (Å²) in [7, 11) is 0. The number of benzene rings is 4. The Morgan fingerprint density at radius 1 is 0.643 bits per heavy atom. The van der Waals surface area contributed by atoms with Gasteiger partial charge in [0.15, 0.2) is 0 Å². The Kier molecular flexibility index (Phi) is 5.35. The van der Waals surface area contributed by atoms with Crippen molar-refractivity contribution < 1.29 is 0 Å². The third-order valence-corrected chi connectivity index (χ3v) is 4.74. The van der Waals surface area contributed by atoms with E-state index in [1.165, 1.54) is 27.8 Å². The van der Waals surface area contributed by atoms with E-state index >= 15 is 0 Å². The van der Waals surface area contributed by atoms with Gasteiger partial charge in [0.2, 0.25) is 0 Å². The van der Waals surface area contributed by atoms with Gasteiger partial charge in [-0.1, -0.05) is 96.6 Å². The summed E-state index contributed by atoms with van der Waals surface area (Å²) in [5, 5.41) is 3.58. The summed E-state index contributed by atoms with van der Waals surface area (Å²) in [6.07, 6.45) is 2.26. The van der Waals surface area contributed by atoms with Gasteiger partial charge in [-0.2, -0.15) is 0 Å². The molecule has 0 atom stereocenters. The number of anilines is 2. The highest BCUT2D eigenvalue weighted by molar-refractivity contribution is 5.96. The molecular formula is C27H23N. The Bertz CT molecular complexity index is 1060. The molecule has 0 heterocycles. The van der Waals surface area contributed by atoms with Gasteiger partial charge in [0, 0.05) is 16.9 Å². The lowest BCUT2D eigenvalue weighted by Crippen LogP contribution is -1.97. The summed E-state index contributed by atoms with van der Waals surface area (Å²) in [6.45, 7) is 2.12. The van der Waals surface area contributed by atoms with Crippen LogP contribution < -0.4 is 5.32 Å². The quantitative estimate of drug-likeness (QED) is 0.367. The third-order valence-electron chi connectivity index (χ3n) is 4.74. The minimum absolute atomic E-state index is 1.08. The van der Waals surface area contributed by atoms with Gasteiger partial charge >= 0.3 is 0 Å². The number of rotatable bonds is 5. The first-order chi connectivity index (χ1) is 13.8. The first kappa shape index (κ1) is 17.8. The Labute approximate surface area is 167 Å². The highest BCUT2D eigenvalue weighted by atomic mass is 14.9. The molecule has 0 saturated heterocycles. The first-order valence-electron chi connectivity index (χ1n) is 9.55. The van der Waals surface area contributed by atoms with Crippen molar-refractivity contribution >= 4 is 23.0 Å². The molecule has 0 radical (unpaired) electrons. The second kappa shape index (κ2) is 8.41. The van der Waals surface area contributed by atoms with Crippen LogP contribution in [0.15, 0.2) is 109 Å². The van der Waals surface area contributed by atoms with Crippen molar-refractivity contribution in [3.63, 3.8) is 0 Å². The predicted octanol–water partition coefficient (Wildman–Crippen LogP) is 7.33. The molecule has 0 aliphatic rings. The Balaban J connectivity index is 1.82. The van der Waals surface area contributed by atoms with E-state index in [0.29, 0.717) is 0 Å². The summed E-state index contributed by atoms with van der Waals surface area (Å²) >= 11 is 0. The zero-order chi connectivity index (χ0) is 19.2. The summed E-state index contributed by atoms with van der Waals surface area (Å²) in [6, 6.07) is 38.0. The zero-order valence-electron chi connectivity index (χ0n) is 16.0. The van der Waals surface area contributed by atoms with Gasteiger partial charge in [-0.25, -0.2) is 0 Å². The molecule has 28 heavy (non-hydrogen) atoms. The van der Waals surface area contributed by atoms with Gasteiger partial charge < -0.3 is 5.32 Å². The van der Waals surface area contributed by atoms with E-state index in [9.17, 15) is 0 Å². The van der Waals surface area contributed by atoms with Crippen LogP contribution in [0.25, 0.3) is 11.6 Å². The van der Waals surface area contributed by atoms with Crippen molar-refractivity contribution in [1.29, 1.82) is 0 Å². The fourth-order valence-corrected chi connectivity index (χ4v) is 3.27. The maximum atomic E-state index is 3.58. The van der Waals surface area contributed by atoms with Crippen molar-refractivity contribution in [2.45, 2.75) is 6.92 Å². The fourth-order valence-electron chi connectivity index (χ4n) is 3.27. The lowest BCUT2D eigenvalue weighted by Gasteiger charge is -2.16. The van der Waals surface area contributed by atoms with E-state index in [1.807, 2.05) is 18.2 Å². The molecule has 0 unspecified atom stereocenters. The van der Waals surface area contributed by atoms with Gasteiger partial charge in [0.25, 0.3) is 0 Å². The molecule has 4 aromatic carbocycles. The lowest BCUT2D eigenvalue weighted by molar-refractivity contribution is 1.46. The second-order valence-corrected chi connectivity index (χ2v) is 6.87. The Morgan fingerprint density at radius 3 is 1.96 bits per heavy atom. The molecule has 4 aromatic rings. The number of para-hydroxylation sites is 2. The van der Waals surface area contributed by atoms with Crippen LogP contribution in [0, 0.1) is 6.92 Å². The summed E-state index contributed by atoms with van der Waals surface area (Å²) in [5.41, 5.74) is 8.21. The molecule has 1 nitrogen and oxygen atoms in total. The van der Waals surface area contributed by atoms with Crippen LogP contribution in [-0.2, 0) is 0 Å². The molecule has 1 heteroatoms. The maximum absolute atomic E-state index is 3.58. The normalized spacial score (nSPS) is 11.2. The van der Waals surface area contributed by atoms with Crippen LogP contribution in [0.5, 0.6) is 0 Å². The Morgan fingerprint density at radius 2 is 1.25 bits per heavy atom. The topological polar surface area (TPSA) is 12.0 Å². The molecule has 4 rings (SSSR count). The first-order valence-corrected chi connectivity index (χ1v) is 9.55. The van der Waals surface area contributed by atoms with Gasteiger partial charge in [0.1, 0.15) is 0 Å². The predicted molar refractivity (Wildman–Crippen MR) is 121 cm³/mol. The van der Waals surface area contributed by atoms with Crippen LogP contribution in [-0.4, -0.2) is 0 Å². The molecule has 1 N–H and O–H groups in total. The average molecular weight is 361 g/mol. The van der Waals surface area contributed by atoms with Gasteiger partial charge in [0.05, 0.1) is 0 Å². The van der Waals surface area contributed by atoms with Crippen LogP contribution >= 0.6 is 0 Å². The lowest BCUT2D eigenvalue weighted by atomic mass is 9.94. The van der Waals surface area contributed by atoms with Gasteiger partial charge in [-0.05, 0) is 47.9 Å². The molecule has 0 aromatic heterocycles. The average Bonchev–Trinajstić information content (AvgIpc) is 2.75. The maximum Gasteiger partial charge on any atom is 0.0464 e. The van der Waals surface area contributed by atoms with E-state index in [1.54, 1.807) is 0 Å². The van der Waals surface area contributed by atoms with E-state index in [4.69, 9.17) is 0 Å². The van der Waals surface area contributed by atoms with E-state index in [0.717, 1.165) is 11.4 Å². The second-order valence-electron chi connectivity index (χ2n) is 6.87. The highest BCUT2D eigenvalue weighted by Crippen LogP contribution is 2.33. The minimum Gasteiger partial charge on any atom is -0.355 e. The van der Waals surface area contributed by atoms with Crippen molar-refractivity contribution in [1.82, 2.24) is 0 Å². The largest absolute Gasteiger partial charge is 0.355 e. The zero-order valence-corrected chi connectivity index (χ0v) is 16.0. The number of aryl methyl sites for hydroxylation is 1. The monoisotopic (exact) mass is 361 g/mol. The third kappa shape index (κ3) is 4.21. The molecule has 0 spiro atoms. The smallest absolute Gasteiger partial charge is 0.0464 e. The minimum atomic E-state index is 1.08. The van der Waals surface area contributed by atoms with Crippen LogP contribution in [0.2, 0.25) is 0 Å². The number of hydrogen-bond donors (Lipinski definition) is 1. The van der Waals surface area contributed by atoms with E-state index < -0.39 is 0 Å². The standard InChI is InChI=1S/C27H23N/c1-21-16-18-22(19-17-21)20-26(23-10-4-2-5-11-23)25-14-8-9-15-27(25)28-24-12-6-3-7-13-24/h2-20,28H,1H3. The number of nitrogens with one attached hydrogen (secondary N) is 1. The molecule has 0 amide bonds. The summed E-state index contributed by atoms with van der Waals surface area (Å²) in [4.78, 5) is 0. The summed E-state index contributed by atoms with van der Waals surface area (Å²) < 4.78 is 0. The molecule has 0 bridgehead atoms.